The summed E-state index contributed by atoms with van der Waals surface area (Å²) in [5.74, 6) is 0.806. The van der Waals surface area contributed by atoms with Crippen molar-refractivity contribution in [1.82, 2.24) is 14.7 Å². The van der Waals surface area contributed by atoms with Gasteiger partial charge in [-0.15, -0.1) is 0 Å². The molecule has 1 aromatic heterocycles. The van der Waals surface area contributed by atoms with Gasteiger partial charge in [0, 0.05) is 28.8 Å². The lowest BCUT2D eigenvalue weighted by molar-refractivity contribution is 0.412. The largest absolute Gasteiger partial charge is 0.340 e. The zero-order valence-corrected chi connectivity index (χ0v) is 21.2. The Kier molecular flexibility index (Phi) is 7.57. The highest BCUT2D eigenvalue weighted by Crippen LogP contribution is 2.21. The number of anilines is 1. The molecule has 0 fully saturated rings. The van der Waals surface area contributed by atoms with E-state index in [2.05, 4.69) is 113 Å². The lowest BCUT2D eigenvalue weighted by Crippen LogP contribution is -2.34. The highest BCUT2D eigenvalue weighted by Gasteiger charge is 2.17. The minimum Gasteiger partial charge on any atom is -0.340 e. The van der Waals surface area contributed by atoms with Gasteiger partial charge < -0.3 is 10.2 Å². The number of rotatable bonds is 7. The van der Waals surface area contributed by atoms with Crippen molar-refractivity contribution in [2.75, 3.05) is 5.32 Å². The SMILES string of the molecule is Cc1c(NC(=S)N(Cc2ccccc2)Cc2ccccc2)nn(Cc2ccc(Br)cc2)c1C. The summed E-state index contributed by atoms with van der Waals surface area (Å²) >= 11 is 9.37. The van der Waals surface area contributed by atoms with Crippen molar-refractivity contribution in [2.24, 2.45) is 0 Å². The maximum Gasteiger partial charge on any atom is 0.175 e. The van der Waals surface area contributed by atoms with Crippen LogP contribution in [0.1, 0.15) is 27.9 Å². The second-order valence-corrected chi connectivity index (χ2v) is 9.40. The number of aromatic nitrogens is 2. The zero-order chi connectivity index (χ0) is 23.2. The third kappa shape index (κ3) is 6.09. The summed E-state index contributed by atoms with van der Waals surface area (Å²) in [6.07, 6.45) is 0. The minimum atomic E-state index is 0.666. The van der Waals surface area contributed by atoms with Gasteiger partial charge in [-0.3, -0.25) is 4.68 Å². The van der Waals surface area contributed by atoms with E-state index >= 15 is 0 Å². The first kappa shape index (κ1) is 23.2. The molecule has 0 unspecified atom stereocenters. The number of nitrogens with zero attached hydrogens (tertiary/aromatic N) is 3. The molecule has 168 valence electrons. The quantitative estimate of drug-likeness (QED) is 0.275. The predicted molar refractivity (Wildman–Crippen MR) is 143 cm³/mol. The van der Waals surface area contributed by atoms with E-state index in [1.54, 1.807) is 0 Å². The van der Waals surface area contributed by atoms with E-state index in [1.165, 1.54) is 16.7 Å². The Bertz CT molecular complexity index is 1160. The Balaban J connectivity index is 1.53. The smallest absolute Gasteiger partial charge is 0.175 e. The maximum absolute atomic E-state index is 5.87. The van der Waals surface area contributed by atoms with Crippen LogP contribution in [-0.2, 0) is 19.6 Å². The molecule has 0 aliphatic carbocycles. The average Bonchev–Trinajstić information content (AvgIpc) is 3.09. The van der Waals surface area contributed by atoms with Crippen molar-refractivity contribution in [1.29, 1.82) is 0 Å². The van der Waals surface area contributed by atoms with E-state index in [0.717, 1.165) is 34.6 Å². The van der Waals surface area contributed by atoms with E-state index in [-0.39, 0.29) is 0 Å². The molecule has 3 aromatic carbocycles. The molecule has 33 heavy (non-hydrogen) atoms. The molecule has 4 rings (SSSR count). The zero-order valence-electron chi connectivity index (χ0n) is 18.8. The van der Waals surface area contributed by atoms with Crippen LogP contribution in [0.4, 0.5) is 5.82 Å². The van der Waals surface area contributed by atoms with Crippen molar-refractivity contribution in [2.45, 2.75) is 33.5 Å². The second kappa shape index (κ2) is 10.8. The Morgan fingerprint density at radius 2 is 1.39 bits per heavy atom. The fourth-order valence-corrected chi connectivity index (χ4v) is 4.15. The molecule has 1 heterocycles. The summed E-state index contributed by atoms with van der Waals surface area (Å²) in [6, 6.07) is 29.1. The molecule has 0 spiro atoms. The number of halogens is 1. The van der Waals surface area contributed by atoms with E-state index < -0.39 is 0 Å². The number of benzene rings is 3. The van der Waals surface area contributed by atoms with E-state index in [0.29, 0.717) is 11.7 Å². The van der Waals surface area contributed by atoms with Gasteiger partial charge in [0.15, 0.2) is 10.9 Å². The standard InChI is InChI=1S/C27H27BrN4S/c1-20-21(2)32(19-24-13-15-25(28)16-14-24)30-26(20)29-27(33)31(17-22-9-5-3-6-10-22)18-23-11-7-4-8-12-23/h3-16H,17-19H2,1-2H3,(H,29,30,33). The molecule has 0 amide bonds. The molecule has 6 heteroatoms. The molecule has 0 aliphatic heterocycles. The Hall–Kier alpha value is -2.96. The van der Waals surface area contributed by atoms with Gasteiger partial charge in [0.2, 0.25) is 0 Å². The molecule has 0 bridgehead atoms. The summed E-state index contributed by atoms with van der Waals surface area (Å²) in [5, 5.41) is 8.93. The van der Waals surface area contributed by atoms with Crippen molar-refractivity contribution in [3.63, 3.8) is 0 Å². The van der Waals surface area contributed by atoms with Crippen LogP contribution in [0.15, 0.2) is 89.4 Å². The highest BCUT2D eigenvalue weighted by molar-refractivity contribution is 9.10. The topological polar surface area (TPSA) is 33.1 Å². The molecule has 0 saturated heterocycles. The molecule has 0 aliphatic rings. The fraction of sp³-hybridized carbons (Fsp3) is 0.185. The number of hydrogen-bond acceptors (Lipinski definition) is 2. The molecular weight excluding hydrogens is 492 g/mol. The molecule has 4 aromatic rings. The number of nitrogens with one attached hydrogen (secondary N) is 1. The van der Waals surface area contributed by atoms with Crippen LogP contribution in [-0.4, -0.2) is 19.8 Å². The summed E-state index contributed by atoms with van der Waals surface area (Å²) in [5.41, 5.74) is 5.86. The monoisotopic (exact) mass is 518 g/mol. The van der Waals surface area contributed by atoms with Gasteiger partial charge in [-0.1, -0.05) is 88.7 Å². The first-order valence-corrected chi connectivity index (χ1v) is 12.1. The lowest BCUT2D eigenvalue weighted by Gasteiger charge is -2.26. The molecule has 4 nitrogen and oxygen atoms in total. The van der Waals surface area contributed by atoms with Gasteiger partial charge in [0.1, 0.15) is 0 Å². The Labute approximate surface area is 209 Å². The molecule has 0 saturated carbocycles. The summed E-state index contributed by atoms with van der Waals surface area (Å²) < 4.78 is 3.10. The number of hydrogen-bond donors (Lipinski definition) is 1. The third-order valence-electron chi connectivity index (χ3n) is 5.70. The first-order chi connectivity index (χ1) is 16.0. The van der Waals surface area contributed by atoms with E-state index in [1.807, 2.05) is 16.8 Å². The summed E-state index contributed by atoms with van der Waals surface area (Å²) in [7, 11) is 0. The van der Waals surface area contributed by atoms with Crippen LogP contribution in [0.2, 0.25) is 0 Å². The van der Waals surface area contributed by atoms with E-state index in [4.69, 9.17) is 17.3 Å². The Morgan fingerprint density at radius 1 is 0.848 bits per heavy atom. The van der Waals surface area contributed by atoms with Crippen molar-refractivity contribution < 1.29 is 0 Å². The van der Waals surface area contributed by atoms with Gasteiger partial charge >= 0.3 is 0 Å². The van der Waals surface area contributed by atoms with Crippen LogP contribution < -0.4 is 5.32 Å². The van der Waals surface area contributed by atoms with Crippen molar-refractivity contribution in [3.05, 3.63) is 117 Å². The van der Waals surface area contributed by atoms with Crippen LogP contribution in [0.25, 0.3) is 0 Å². The summed E-state index contributed by atoms with van der Waals surface area (Å²) in [6.45, 7) is 6.34. The third-order valence-corrected chi connectivity index (χ3v) is 6.59. The molecular formula is C27H27BrN4S. The maximum atomic E-state index is 5.87. The van der Waals surface area contributed by atoms with Gasteiger partial charge in [0.05, 0.1) is 6.54 Å². The fourth-order valence-electron chi connectivity index (χ4n) is 3.66. The number of thiocarbonyl (C=S) groups is 1. The lowest BCUT2D eigenvalue weighted by atomic mass is 10.2. The average molecular weight is 520 g/mol. The second-order valence-electron chi connectivity index (χ2n) is 8.10. The van der Waals surface area contributed by atoms with Crippen molar-refractivity contribution in [3.8, 4) is 0 Å². The van der Waals surface area contributed by atoms with Crippen LogP contribution in [0.3, 0.4) is 0 Å². The van der Waals surface area contributed by atoms with Gasteiger partial charge in [-0.05, 0) is 54.9 Å². The van der Waals surface area contributed by atoms with E-state index in [9.17, 15) is 0 Å². The van der Waals surface area contributed by atoms with Gasteiger partial charge in [-0.2, -0.15) is 5.10 Å². The van der Waals surface area contributed by atoms with Crippen molar-refractivity contribution >= 4 is 39.1 Å². The highest BCUT2D eigenvalue weighted by atomic mass is 79.9. The van der Waals surface area contributed by atoms with Crippen LogP contribution in [0.5, 0.6) is 0 Å². The normalized spacial score (nSPS) is 10.8. The van der Waals surface area contributed by atoms with Gasteiger partial charge in [0.25, 0.3) is 0 Å². The molecule has 0 radical (unpaired) electrons. The predicted octanol–water partition coefficient (Wildman–Crippen LogP) is 6.71. The Morgan fingerprint density at radius 3 is 1.94 bits per heavy atom. The molecule has 1 N–H and O–H groups in total. The summed E-state index contributed by atoms with van der Waals surface area (Å²) in [4.78, 5) is 2.18. The van der Waals surface area contributed by atoms with Gasteiger partial charge in [-0.25, -0.2) is 0 Å². The first-order valence-electron chi connectivity index (χ1n) is 10.9. The minimum absolute atomic E-state index is 0.666. The molecule has 0 atom stereocenters. The van der Waals surface area contributed by atoms with Crippen LogP contribution >= 0.6 is 28.1 Å². The van der Waals surface area contributed by atoms with Crippen LogP contribution in [0, 0.1) is 13.8 Å².